The molecule has 1 atom stereocenters. The number of hydrogen-bond acceptors (Lipinski definition) is 8. The number of thioether (sulfide) groups is 1. The van der Waals surface area contributed by atoms with E-state index in [2.05, 4.69) is 33.2 Å². The summed E-state index contributed by atoms with van der Waals surface area (Å²) in [7, 11) is 0. The summed E-state index contributed by atoms with van der Waals surface area (Å²) in [6.45, 7) is 11.2. The number of aromatic nitrogens is 3. The summed E-state index contributed by atoms with van der Waals surface area (Å²) in [4.78, 5) is 17.8. The Labute approximate surface area is 207 Å². The van der Waals surface area contributed by atoms with Crippen molar-refractivity contribution < 1.29 is 19.0 Å². The van der Waals surface area contributed by atoms with Gasteiger partial charge in [-0.25, -0.2) is 9.48 Å². The van der Waals surface area contributed by atoms with Gasteiger partial charge in [0.25, 0.3) is 0 Å². The summed E-state index contributed by atoms with van der Waals surface area (Å²) in [5, 5.41) is 8.58. The molecule has 0 bridgehead atoms. The van der Waals surface area contributed by atoms with Gasteiger partial charge in [0.15, 0.2) is 11.5 Å². The van der Waals surface area contributed by atoms with Gasteiger partial charge < -0.3 is 19.5 Å². The molecule has 0 saturated heterocycles. The molecule has 0 fully saturated rings. The molecule has 0 radical (unpaired) electrons. The SMILES string of the molecule is CCCCOC(=O)C1=C(C)Nc2nc(SCC)nn2C1c1cc(Br)c(OCC)c(OCC)c1. The fourth-order valence-electron chi connectivity index (χ4n) is 3.57. The molecule has 1 aromatic carbocycles. The highest BCUT2D eigenvalue weighted by Gasteiger charge is 2.36. The second kappa shape index (κ2) is 11.8. The van der Waals surface area contributed by atoms with Crippen LogP contribution in [0.15, 0.2) is 33.0 Å². The van der Waals surface area contributed by atoms with Crippen molar-refractivity contribution in [3.8, 4) is 11.5 Å². The van der Waals surface area contributed by atoms with Crippen molar-refractivity contribution in [2.75, 3.05) is 30.9 Å². The highest BCUT2D eigenvalue weighted by atomic mass is 79.9. The first-order chi connectivity index (χ1) is 15.9. The van der Waals surface area contributed by atoms with Gasteiger partial charge in [0.05, 0.1) is 29.9 Å². The third-order valence-corrected chi connectivity index (χ3v) is 6.30. The molecule has 1 aliphatic heterocycles. The summed E-state index contributed by atoms with van der Waals surface area (Å²) >= 11 is 5.17. The van der Waals surface area contributed by atoms with Crippen molar-refractivity contribution in [1.29, 1.82) is 0 Å². The summed E-state index contributed by atoms with van der Waals surface area (Å²) in [6.07, 6.45) is 1.76. The second-order valence-corrected chi connectivity index (χ2v) is 9.43. The van der Waals surface area contributed by atoms with Crippen molar-refractivity contribution in [1.82, 2.24) is 14.8 Å². The van der Waals surface area contributed by atoms with Gasteiger partial charge in [-0.3, -0.25) is 0 Å². The lowest BCUT2D eigenvalue weighted by atomic mass is 9.95. The number of nitrogens with zero attached hydrogens (tertiary/aromatic N) is 3. The summed E-state index contributed by atoms with van der Waals surface area (Å²) in [5.41, 5.74) is 2.00. The minimum Gasteiger partial charge on any atom is -0.490 e. The number of carbonyl (C=O) groups is 1. The zero-order valence-electron chi connectivity index (χ0n) is 19.7. The fourth-order valence-corrected chi connectivity index (χ4v) is 4.70. The van der Waals surface area contributed by atoms with E-state index in [9.17, 15) is 4.79 Å². The van der Waals surface area contributed by atoms with Crippen LogP contribution in [0.3, 0.4) is 0 Å². The number of carbonyl (C=O) groups excluding carboxylic acids is 1. The fraction of sp³-hybridized carbons (Fsp3) is 0.522. The van der Waals surface area contributed by atoms with E-state index in [0.717, 1.165) is 28.6 Å². The number of hydrogen-bond donors (Lipinski definition) is 1. The van der Waals surface area contributed by atoms with Crippen molar-refractivity contribution in [3.05, 3.63) is 33.4 Å². The van der Waals surface area contributed by atoms with Crippen molar-refractivity contribution in [3.63, 3.8) is 0 Å². The van der Waals surface area contributed by atoms with Crippen molar-refractivity contribution in [2.24, 2.45) is 0 Å². The maximum absolute atomic E-state index is 13.2. The van der Waals surface area contributed by atoms with Gasteiger partial charge in [-0.1, -0.05) is 32.0 Å². The smallest absolute Gasteiger partial charge is 0.338 e. The first kappa shape index (κ1) is 25.4. The predicted octanol–water partition coefficient (Wildman–Crippen LogP) is 5.58. The average molecular weight is 539 g/mol. The van der Waals surface area contributed by atoms with Gasteiger partial charge in [-0.2, -0.15) is 4.98 Å². The molecule has 0 aliphatic carbocycles. The number of nitrogens with one attached hydrogen (secondary N) is 1. The van der Waals surface area contributed by atoms with E-state index < -0.39 is 6.04 Å². The lowest BCUT2D eigenvalue weighted by Crippen LogP contribution is -2.30. The Bertz CT molecular complexity index is 1020. The molecule has 10 heteroatoms. The molecule has 1 aromatic heterocycles. The molecular formula is C23H31BrN4O4S. The quantitative estimate of drug-likeness (QED) is 0.225. The minimum absolute atomic E-state index is 0.368. The zero-order chi connectivity index (χ0) is 24.0. The van der Waals surface area contributed by atoms with Crippen LogP contribution in [0.1, 0.15) is 59.1 Å². The number of anilines is 1. The lowest BCUT2D eigenvalue weighted by molar-refractivity contribution is -0.139. The van der Waals surface area contributed by atoms with E-state index in [1.54, 1.807) is 16.4 Å². The van der Waals surface area contributed by atoms with Crippen LogP contribution in [-0.2, 0) is 9.53 Å². The molecule has 8 nitrogen and oxygen atoms in total. The van der Waals surface area contributed by atoms with Gasteiger partial charge in [-0.15, -0.1) is 5.10 Å². The molecule has 1 unspecified atom stereocenters. The van der Waals surface area contributed by atoms with Crippen LogP contribution < -0.4 is 14.8 Å². The third-order valence-electron chi connectivity index (χ3n) is 4.99. The Hall–Kier alpha value is -2.20. The van der Waals surface area contributed by atoms with Crippen LogP contribution in [0.2, 0.25) is 0 Å². The summed E-state index contributed by atoms with van der Waals surface area (Å²) < 4.78 is 19.8. The number of unbranched alkanes of at least 4 members (excludes halogenated alkanes) is 1. The van der Waals surface area contributed by atoms with Crippen molar-refractivity contribution in [2.45, 2.75) is 58.7 Å². The van der Waals surface area contributed by atoms with Crippen LogP contribution in [0.25, 0.3) is 0 Å². The molecule has 2 aromatic rings. The van der Waals surface area contributed by atoms with Gasteiger partial charge in [0.1, 0.15) is 6.04 Å². The van der Waals surface area contributed by atoms with Gasteiger partial charge >= 0.3 is 5.97 Å². The highest BCUT2D eigenvalue weighted by molar-refractivity contribution is 9.10. The van der Waals surface area contributed by atoms with Crippen LogP contribution in [-0.4, -0.2) is 46.3 Å². The molecule has 1 aliphatic rings. The number of rotatable bonds is 11. The largest absolute Gasteiger partial charge is 0.490 e. The number of ether oxygens (including phenoxy) is 3. The maximum Gasteiger partial charge on any atom is 0.338 e. The van der Waals surface area contributed by atoms with E-state index in [4.69, 9.17) is 19.3 Å². The van der Waals surface area contributed by atoms with Crippen LogP contribution >= 0.6 is 27.7 Å². The van der Waals surface area contributed by atoms with E-state index in [-0.39, 0.29) is 5.97 Å². The zero-order valence-corrected chi connectivity index (χ0v) is 22.1. The Morgan fingerprint density at radius 1 is 1.21 bits per heavy atom. The second-order valence-electron chi connectivity index (χ2n) is 7.35. The minimum atomic E-state index is -0.528. The van der Waals surface area contributed by atoms with Crippen LogP contribution in [0.4, 0.5) is 5.95 Å². The highest BCUT2D eigenvalue weighted by Crippen LogP contribution is 2.43. The predicted molar refractivity (Wildman–Crippen MR) is 133 cm³/mol. The first-order valence-electron chi connectivity index (χ1n) is 11.3. The first-order valence-corrected chi connectivity index (χ1v) is 13.1. The molecule has 180 valence electrons. The Morgan fingerprint density at radius 2 is 1.97 bits per heavy atom. The van der Waals surface area contributed by atoms with E-state index in [1.165, 1.54) is 0 Å². The Kier molecular flexibility index (Phi) is 9.08. The van der Waals surface area contributed by atoms with Crippen molar-refractivity contribution >= 4 is 39.6 Å². The number of benzene rings is 1. The Balaban J connectivity index is 2.14. The van der Waals surface area contributed by atoms with E-state index in [1.807, 2.05) is 39.8 Å². The summed E-state index contributed by atoms with van der Waals surface area (Å²) in [6, 6.07) is 3.31. The van der Waals surface area contributed by atoms with E-state index >= 15 is 0 Å². The normalized spacial score (nSPS) is 15.2. The van der Waals surface area contributed by atoms with Gasteiger partial charge in [0, 0.05) is 5.70 Å². The number of halogens is 1. The molecule has 1 N–H and O–H groups in total. The number of esters is 1. The Morgan fingerprint density at radius 3 is 2.64 bits per heavy atom. The molecule has 33 heavy (non-hydrogen) atoms. The number of allylic oxidation sites excluding steroid dienone is 1. The maximum atomic E-state index is 13.2. The van der Waals surface area contributed by atoms with Crippen LogP contribution in [0.5, 0.6) is 11.5 Å². The summed E-state index contributed by atoms with van der Waals surface area (Å²) in [5.74, 6) is 2.29. The lowest BCUT2D eigenvalue weighted by Gasteiger charge is -2.29. The molecule has 0 amide bonds. The standard InChI is InChI=1S/C23H31BrN4O4S/c1-6-10-11-32-21(29)18-14(5)25-22-26-23(33-9-4)27-28(22)19(18)15-12-16(24)20(31-8-3)17(13-15)30-7-2/h12-13,19H,6-11H2,1-5H3,(H,25,26,27). The van der Waals surface area contributed by atoms with Crippen LogP contribution in [0, 0.1) is 0 Å². The third kappa shape index (κ3) is 5.66. The molecule has 2 heterocycles. The monoisotopic (exact) mass is 538 g/mol. The number of fused-ring (bicyclic) bond motifs is 1. The van der Waals surface area contributed by atoms with Gasteiger partial charge in [0.2, 0.25) is 11.1 Å². The van der Waals surface area contributed by atoms with Gasteiger partial charge in [-0.05, 0) is 66.6 Å². The molecule has 3 rings (SSSR count). The molecule has 0 spiro atoms. The topological polar surface area (TPSA) is 87.5 Å². The van der Waals surface area contributed by atoms with E-state index in [0.29, 0.717) is 53.7 Å². The molecule has 0 saturated carbocycles. The average Bonchev–Trinajstić information content (AvgIpc) is 3.17. The molecular weight excluding hydrogens is 508 g/mol.